The summed E-state index contributed by atoms with van der Waals surface area (Å²) in [6, 6.07) is 8.12. The Morgan fingerprint density at radius 1 is 1.25 bits per heavy atom. The molecule has 1 nitrogen and oxygen atoms in total. The first kappa shape index (κ1) is 11.6. The average Bonchev–Trinajstić information content (AvgIpc) is 2.75. The number of nitrogens with two attached hydrogens (primary N) is 1. The Hall–Kier alpha value is -0.830. The first-order valence-electron chi connectivity index (χ1n) is 5.15. The van der Waals surface area contributed by atoms with Gasteiger partial charge in [0, 0.05) is 9.90 Å². The fourth-order valence-corrected chi connectivity index (χ4v) is 2.72. The summed E-state index contributed by atoms with van der Waals surface area (Å²) in [5, 5.41) is 2.85. The van der Waals surface area contributed by atoms with E-state index in [2.05, 4.69) is 12.1 Å². The van der Waals surface area contributed by atoms with Gasteiger partial charge in [-0.15, -0.1) is 11.3 Å². The number of rotatable bonds is 2. The SMILES string of the molecule is Cc1cc(C(N)c2cccs2)c(C)cc1Cl. The lowest BCUT2D eigenvalue weighted by Crippen LogP contribution is -2.12. The smallest absolute Gasteiger partial charge is 0.0648 e. The summed E-state index contributed by atoms with van der Waals surface area (Å²) in [5.41, 5.74) is 9.63. The molecule has 0 spiro atoms. The molecule has 0 aliphatic carbocycles. The molecule has 0 aliphatic heterocycles. The van der Waals surface area contributed by atoms with Gasteiger partial charge in [0.2, 0.25) is 0 Å². The molecule has 2 N–H and O–H groups in total. The number of benzene rings is 1. The van der Waals surface area contributed by atoms with Crippen molar-refractivity contribution in [3.8, 4) is 0 Å². The van der Waals surface area contributed by atoms with Gasteiger partial charge in [0.15, 0.2) is 0 Å². The Morgan fingerprint density at radius 2 is 2.00 bits per heavy atom. The molecule has 0 radical (unpaired) electrons. The number of hydrogen-bond acceptors (Lipinski definition) is 2. The maximum absolute atomic E-state index is 6.25. The van der Waals surface area contributed by atoms with Crippen molar-refractivity contribution in [2.24, 2.45) is 5.73 Å². The zero-order chi connectivity index (χ0) is 11.7. The predicted molar refractivity (Wildman–Crippen MR) is 71.3 cm³/mol. The highest BCUT2D eigenvalue weighted by molar-refractivity contribution is 7.10. The summed E-state index contributed by atoms with van der Waals surface area (Å²) in [7, 11) is 0. The third kappa shape index (κ3) is 2.14. The molecular formula is C13H14ClNS. The first-order valence-corrected chi connectivity index (χ1v) is 6.41. The molecule has 0 saturated carbocycles. The molecule has 1 heterocycles. The summed E-state index contributed by atoms with van der Waals surface area (Å²) in [4.78, 5) is 1.19. The summed E-state index contributed by atoms with van der Waals surface area (Å²) in [5.74, 6) is 0. The van der Waals surface area contributed by atoms with Crippen molar-refractivity contribution in [1.82, 2.24) is 0 Å². The van der Waals surface area contributed by atoms with Crippen LogP contribution in [0.15, 0.2) is 29.6 Å². The molecule has 0 fully saturated rings. The van der Waals surface area contributed by atoms with Gasteiger partial charge < -0.3 is 5.73 Å². The summed E-state index contributed by atoms with van der Waals surface area (Å²) < 4.78 is 0. The van der Waals surface area contributed by atoms with Crippen molar-refractivity contribution in [3.63, 3.8) is 0 Å². The van der Waals surface area contributed by atoms with E-state index in [4.69, 9.17) is 17.3 Å². The van der Waals surface area contributed by atoms with Gasteiger partial charge in [0.1, 0.15) is 0 Å². The van der Waals surface area contributed by atoms with Crippen LogP contribution in [0.25, 0.3) is 0 Å². The van der Waals surface area contributed by atoms with Gasteiger partial charge in [0.05, 0.1) is 6.04 Å². The lowest BCUT2D eigenvalue weighted by molar-refractivity contribution is 0.880. The molecule has 16 heavy (non-hydrogen) atoms. The topological polar surface area (TPSA) is 26.0 Å². The van der Waals surface area contributed by atoms with Crippen molar-refractivity contribution in [1.29, 1.82) is 0 Å². The van der Waals surface area contributed by atoms with E-state index in [-0.39, 0.29) is 6.04 Å². The van der Waals surface area contributed by atoms with Crippen LogP contribution < -0.4 is 5.73 Å². The largest absolute Gasteiger partial charge is 0.320 e. The van der Waals surface area contributed by atoms with Crippen LogP contribution in [0.5, 0.6) is 0 Å². The zero-order valence-corrected chi connectivity index (χ0v) is 10.9. The molecule has 0 saturated heterocycles. The maximum atomic E-state index is 6.25. The van der Waals surface area contributed by atoms with E-state index in [9.17, 15) is 0 Å². The van der Waals surface area contributed by atoms with E-state index in [0.717, 1.165) is 21.7 Å². The van der Waals surface area contributed by atoms with Gasteiger partial charge in [-0.3, -0.25) is 0 Å². The van der Waals surface area contributed by atoms with Crippen LogP contribution >= 0.6 is 22.9 Å². The number of thiophene rings is 1. The minimum Gasteiger partial charge on any atom is -0.320 e. The number of halogens is 1. The van der Waals surface area contributed by atoms with Crippen LogP contribution in [0.1, 0.15) is 27.6 Å². The molecule has 3 heteroatoms. The standard InChI is InChI=1S/C13H14ClNS/c1-8-7-11(14)9(2)6-10(8)13(15)12-4-3-5-16-12/h3-7,13H,15H2,1-2H3. The molecule has 0 bridgehead atoms. The van der Waals surface area contributed by atoms with E-state index < -0.39 is 0 Å². The van der Waals surface area contributed by atoms with Crippen molar-refractivity contribution in [2.75, 3.05) is 0 Å². The molecule has 2 rings (SSSR count). The Bertz CT molecular complexity index is 491. The molecule has 1 atom stereocenters. The summed E-state index contributed by atoms with van der Waals surface area (Å²) >= 11 is 7.76. The molecule has 0 aliphatic rings. The van der Waals surface area contributed by atoms with Crippen LogP contribution in [0.4, 0.5) is 0 Å². The van der Waals surface area contributed by atoms with Crippen molar-refractivity contribution < 1.29 is 0 Å². The van der Waals surface area contributed by atoms with Crippen LogP contribution in [0.3, 0.4) is 0 Å². The Kier molecular flexibility index (Phi) is 3.33. The Morgan fingerprint density at radius 3 is 2.62 bits per heavy atom. The molecular weight excluding hydrogens is 238 g/mol. The second-order valence-electron chi connectivity index (χ2n) is 3.95. The highest BCUT2D eigenvalue weighted by Gasteiger charge is 2.13. The van der Waals surface area contributed by atoms with Crippen molar-refractivity contribution >= 4 is 22.9 Å². The predicted octanol–water partition coefficient (Wildman–Crippen LogP) is 4.07. The van der Waals surface area contributed by atoms with E-state index in [1.165, 1.54) is 4.88 Å². The second kappa shape index (κ2) is 4.58. The van der Waals surface area contributed by atoms with Gasteiger partial charge in [-0.05, 0) is 48.1 Å². The molecule has 84 valence electrons. The summed E-state index contributed by atoms with van der Waals surface area (Å²) in [6.07, 6.45) is 0. The molecule has 0 amide bonds. The van der Waals surface area contributed by atoms with Gasteiger partial charge in [-0.1, -0.05) is 23.7 Å². The second-order valence-corrected chi connectivity index (χ2v) is 5.34. The third-order valence-electron chi connectivity index (χ3n) is 2.73. The van der Waals surface area contributed by atoms with Crippen LogP contribution in [-0.2, 0) is 0 Å². The molecule has 1 aromatic carbocycles. The van der Waals surface area contributed by atoms with Crippen LogP contribution in [0, 0.1) is 13.8 Å². The van der Waals surface area contributed by atoms with E-state index >= 15 is 0 Å². The van der Waals surface area contributed by atoms with E-state index in [0.29, 0.717) is 0 Å². The minimum absolute atomic E-state index is 0.0454. The Balaban J connectivity index is 2.44. The molecule has 1 aromatic heterocycles. The van der Waals surface area contributed by atoms with Gasteiger partial charge in [0.25, 0.3) is 0 Å². The fraction of sp³-hybridized carbons (Fsp3) is 0.231. The van der Waals surface area contributed by atoms with Gasteiger partial charge >= 0.3 is 0 Å². The highest BCUT2D eigenvalue weighted by Crippen LogP contribution is 2.29. The molecule has 2 aromatic rings. The van der Waals surface area contributed by atoms with Crippen LogP contribution in [0.2, 0.25) is 5.02 Å². The van der Waals surface area contributed by atoms with Gasteiger partial charge in [-0.25, -0.2) is 0 Å². The van der Waals surface area contributed by atoms with E-state index in [1.807, 2.05) is 31.4 Å². The quantitative estimate of drug-likeness (QED) is 0.856. The van der Waals surface area contributed by atoms with Gasteiger partial charge in [-0.2, -0.15) is 0 Å². The Labute approximate surface area is 105 Å². The van der Waals surface area contributed by atoms with Crippen LogP contribution in [-0.4, -0.2) is 0 Å². The number of hydrogen-bond donors (Lipinski definition) is 1. The van der Waals surface area contributed by atoms with Crippen molar-refractivity contribution in [3.05, 3.63) is 56.2 Å². The molecule has 1 unspecified atom stereocenters. The fourth-order valence-electron chi connectivity index (χ4n) is 1.76. The zero-order valence-electron chi connectivity index (χ0n) is 9.33. The minimum atomic E-state index is -0.0454. The van der Waals surface area contributed by atoms with E-state index in [1.54, 1.807) is 11.3 Å². The third-order valence-corrected chi connectivity index (χ3v) is 4.09. The first-order chi connectivity index (χ1) is 7.59. The summed E-state index contributed by atoms with van der Waals surface area (Å²) in [6.45, 7) is 4.06. The highest BCUT2D eigenvalue weighted by atomic mass is 35.5. The normalized spacial score (nSPS) is 12.8. The van der Waals surface area contributed by atoms with Crippen molar-refractivity contribution in [2.45, 2.75) is 19.9 Å². The maximum Gasteiger partial charge on any atom is 0.0648 e. The number of aryl methyl sites for hydroxylation is 2. The lowest BCUT2D eigenvalue weighted by Gasteiger charge is -2.15. The average molecular weight is 252 g/mol. The lowest BCUT2D eigenvalue weighted by atomic mass is 9.98. The monoisotopic (exact) mass is 251 g/mol.